The van der Waals surface area contributed by atoms with Crippen LogP contribution in [0.4, 0.5) is 0 Å². The SMILES string of the molecule is CSC(Cc1ccc(C(C)(C)C)cc1)Cn1cncn1. The van der Waals surface area contributed by atoms with E-state index >= 15 is 0 Å². The number of benzene rings is 1. The highest BCUT2D eigenvalue weighted by atomic mass is 32.2. The monoisotopic (exact) mass is 289 g/mol. The van der Waals surface area contributed by atoms with Gasteiger partial charge >= 0.3 is 0 Å². The second-order valence-electron chi connectivity index (χ2n) is 6.13. The normalized spacial score (nSPS) is 13.4. The van der Waals surface area contributed by atoms with Gasteiger partial charge in [0, 0.05) is 5.25 Å². The molecule has 0 radical (unpaired) electrons. The molecule has 0 spiro atoms. The Bertz CT molecular complexity index is 512. The molecular formula is C16H23N3S. The highest BCUT2D eigenvalue weighted by Crippen LogP contribution is 2.23. The van der Waals surface area contributed by atoms with Crippen molar-refractivity contribution in [3.05, 3.63) is 48.0 Å². The van der Waals surface area contributed by atoms with Crippen molar-refractivity contribution in [2.75, 3.05) is 6.26 Å². The molecule has 0 fully saturated rings. The quantitative estimate of drug-likeness (QED) is 0.843. The van der Waals surface area contributed by atoms with Gasteiger partial charge in [0.15, 0.2) is 0 Å². The van der Waals surface area contributed by atoms with Gasteiger partial charge in [-0.05, 0) is 29.2 Å². The topological polar surface area (TPSA) is 30.7 Å². The van der Waals surface area contributed by atoms with E-state index in [0.29, 0.717) is 5.25 Å². The lowest BCUT2D eigenvalue weighted by Gasteiger charge is -2.20. The van der Waals surface area contributed by atoms with Crippen LogP contribution in [0.5, 0.6) is 0 Å². The molecule has 4 heteroatoms. The van der Waals surface area contributed by atoms with Gasteiger partial charge in [-0.25, -0.2) is 4.98 Å². The Kier molecular flexibility index (Phi) is 4.86. The summed E-state index contributed by atoms with van der Waals surface area (Å²) in [4.78, 5) is 4.00. The molecule has 20 heavy (non-hydrogen) atoms. The third-order valence-electron chi connectivity index (χ3n) is 3.47. The highest BCUT2D eigenvalue weighted by molar-refractivity contribution is 7.99. The molecule has 0 saturated heterocycles. The van der Waals surface area contributed by atoms with Crippen molar-refractivity contribution in [1.29, 1.82) is 0 Å². The van der Waals surface area contributed by atoms with Crippen molar-refractivity contribution in [2.45, 2.75) is 44.4 Å². The fourth-order valence-electron chi connectivity index (χ4n) is 2.16. The fourth-order valence-corrected chi connectivity index (χ4v) is 2.82. The van der Waals surface area contributed by atoms with Gasteiger partial charge in [0.25, 0.3) is 0 Å². The van der Waals surface area contributed by atoms with Crippen molar-refractivity contribution in [3.63, 3.8) is 0 Å². The lowest BCUT2D eigenvalue weighted by molar-refractivity contribution is 0.585. The number of hydrogen-bond acceptors (Lipinski definition) is 3. The summed E-state index contributed by atoms with van der Waals surface area (Å²) in [5.74, 6) is 0. The first kappa shape index (κ1) is 15.1. The Hall–Kier alpha value is -1.29. The van der Waals surface area contributed by atoms with Crippen LogP contribution in [0.2, 0.25) is 0 Å². The largest absolute Gasteiger partial charge is 0.252 e. The molecule has 108 valence electrons. The van der Waals surface area contributed by atoms with E-state index in [1.165, 1.54) is 11.1 Å². The molecule has 0 saturated carbocycles. The molecule has 1 atom stereocenters. The minimum absolute atomic E-state index is 0.220. The van der Waals surface area contributed by atoms with Gasteiger partial charge in [0.2, 0.25) is 0 Å². The number of nitrogens with zero attached hydrogens (tertiary/aromatic N) is 3. The molecule has 2 rings (SSSR count). The lowest BCUT2D eigenvalue weighted by Crippen LogP contribution is -2.16. The van der Waals surface area contributed by atoms with E-state index in [2.05, 4.69) is 61.4 Å². The smallest absolute Gasteiger partial charge is 0.137 e. The molecule has 0 N–H and O–H groups in total. The summed E-state index contributed by atoms with van der Waals surface area (Å²) in [6.45, 7) is 7.65. The molecule has 1 aromatic carbocycles. The van der Waals surface area contributed by atoms with Crippen LogP contribution in [-0.2, 0) is 18.4 Å². The van der Waals surface area contributed by atoms with Crippen LogP contribution < -0.4 is 0 Å². The number of hydrogen-bond donors (Lipinski definition) is 0. The Morgan fingerprint density at radius 2 is 1.90 bits per heavy atom. The Labute approximate surface area is 125 Å². The average molecular weight is 289 g/mol. The lowest BCUT2D eigenvalue weighted by atomic mass is 9.86. The fraction of sp³-hybridized carbons (Fsp3) is 0.500. The van der Waals surface area contributed by atoms with E-state index in [4.69, 9.17) is 0 Å². The van der Waals surface area contributed by atoms with Crippen LogP contribution in [-0.4, -0.2) is 26.3 Å². The second-order valence-corrected chi connectivity index (χ2v) is 7.26. The minimum Gasteiger partial charge on any atom is -0.252 e. The van der Waals surface area contributed by atoms with Crippen molar-refractivity contribution in [1.82, 2.24) is 14.8 Å². The van der Waals surface area contributed by atoms with E-state index in [9.17, 15) is 0 Å². The Morgan fingerprint density at radius 1 is 1.20 bits per heavy atom. The molecular weight excluding hydrogens is 266 g/mol. The minimum atomic E-state index is 0.220. The first-order valence-electron chi connectivity index (χ1n) is 6.93. The molecule has 0 bridgehead atoms. The van der Waals surface area contributed by atoms with Gasteiger partial charge in [-0.1, -0.05) is 45.0 Å². The zero-order chi connectivity index (χ0) is 14.6. The molecule has 1 aromatic heterocycles. The Balaban J connectivity index is 2.01. The van der Waals surface area contributed by atoms with Gasteiger partial charge in [-0.3, -0.25) is 4.68 Å². The Morgan fingerprint density at radius 3 is 2.40 bits per heavy atom. The maximum absolute atomic E-state index is 4.18. The zero-order valence-corrected chi connectivity index (χ0v) is 13.5. The molecule has 2 aromatic rings. The number of aromatic nitrogens is 3. The van der Waals surface area contributed by atoms with Gasteiger partial charge in [-0.15, -0.1) is 0 Å². The van der Waals surface area contributed by atoms with E-state index in [-0.39, 0.29) is 5.41 Å². The summed E-state index contributed by atoms with van der Waals surface area (Å²) < 4.78 is 1.91. The molecule has 0 aliphatic carbocycles. The number of rotatable bonds is 5. The summed E-state index contributed by atoms with van der Waals surface area (Å²) >= 11 is 1.88. The summed E-state index contributed by atoms with van der Waals surface area (Å²) in [6, 6.07) is 9.01. The van der Waals surface area contributed by atoms with Gasteiger partial charge in [-0.2, -0.15) is 16.9 Å². The van der Waals surface area contributed by atoms with E-state index in [1.54, 1.807) is 12.7 Å². The third-order valence-corrected chi connectivity index (χ3v) is 4.46. The second kappa shape index (κ2) is 6.44. The van der Waals surface area contributed by atoms with E-state index in [0.717, 1.165) is 13.0 Å². The van der Waals surface area contributed by atoms with Crippen LogP contribution in [0.15, 0.2) is 36.9 Å². The molecule has 1 heterocycles. The van der Waals surface area contributed by atoms with Gasteiger partial charge in [0.05, 0.1) is 6.54 Å². The van der Waals surface area contributed by atoms with Gasteiger partial charge < -0.3 is 0 Å². The predicted molar refractivity (Wildman–Crippen MR) is 86.2 cm³/mol. The zero-order valence-electron chi connectivity index (χ0n) is 12.7. The summed E-state index contributed by atoms with van der Waals surface area (Å²) in [7, 11) is 0. The van der Waals surface area contributed by atoms with E-state index < -0.39 is 0 Å². The molecule has 1 unspecified atom stereocenters. The molecule has 0 aliphatic rings. The van der Waals surface area contributed by atoms with Crippen molar-refractivity contribution >= 4 is 11.8 Å². The van der Waals surface area contributed by atoms with Crippen LogP contribution in [0, 0.1) is 0 Å². The number of thioether (sulfide) groups is 1. The molecule has 3 nitrogen and oxygen atoms in total. The van der Waals surface area contributed by atoms with Gasteiger partial charge in [0.1, 0.15) is 12.7 Å². The van der Waals surface area contributed by atoms with Crippen LogP contribution in [0.1, 0.15) is 31.9 Å². The predicted octanol–water partition coefficient (Wildman–Crippen LogP) is 3.55. The first-order valence-corrected chi connectivity index (χ1v) is 8.22. The first-order chi connectivity index (χ1) is 9.49. The maximum atomic E-state index is 4.18. The third kappa shape index (κ3) is 4.10. The molecule has 0 amide bonds. The van der Waals surface area contributed by atoms with Crippen molar-refractivity contribution in [2.24, 2.45) is 0 Å². The van der Waals surface area contributed by atoms with Crippen molar-refractivity contribution < 1.29 is 0 Å². The molecule has 0 aliphatic heterocycles. The highest BCUT2D eigenvalue weighted by Gasteiger charge is 2.14. The maximum Gasteiger partial charge on any atom is 0.137 e. The van der Waals surface area contributed by atoms with Crippen molar-refractivity contribution in [3.8, 4) is 0 Å². The summed E-state index contributed by atoms with van der Waals surface area (Å²) in [5.41, 5.74) is 2.99. The summed E-state index contributed by atoms with van der Waals surface area (Å²) in [5, 5.41) is 4.71. The van der Waals surface area contributed by atoms with Crippen LogP contribution >= 0.6 is 11.8 Å². The summed E-state index contributed by atoms with van der Waals surface area (Å²) in [6.07, 6.45) is 6.60. The standard InChI is InChI=1S/C16H23N3S/c1-16(2,3)14-7-5-13(6-8-14)9-15(20-4)10-19-12-17-11-18-19/h5-8,11-12,15H,9-10H2,1-4H3. The van der Waals surface area contributed by atoms with Crippen LogP contribution in [0.25, 0.3) is 0 Å². The average Bonchev–Trinajstić information content (AvgIpc) is 2.90. The van der Waals surface area contributed by atoms with Crippen LogP contribution in [0.3, 0.4) is 0 Å². The van der Waals surface area contributed by atoms with E-state index in [1.807, 2.05) is 16.4 Å².